The molecule has 0 radical (unpaired) electrons. The Morgan fingerprint density at radius 3 is 2.50 bits per heavy atom. The number of nitrogens with zero attached hydrogens (tertiary/aromatic N) is 3. The molecule has 1 N–H and O–H groups in total. The number of anilines is 1. The summed E-state index contributed by atoms with van der Waals surface area (Å²) < 4.78 is 5.23. The van der Waals surface area contributed by atoms with Crippen LogP contribution < -0.4 is 10.1 Å². The summed E-state index contributed by atoms with van der Waals surface area (Å²) >= 11 is 0. The molecule has 78 valence electrons. The fourth-order valence-electron chi connectivity index (χ4n) is 0.987. The Morgan fingerprint density at radius 2 is 1.93 bits per heavy atom. The largest absolute Gasteiger partial charge is 0.464 e. The highest BCUT2D eigenvalue weighted by atomic mass is 16.5. The third-order valence-corrected chi connectivity index (χ3v) is 1.59. The highest BCUT2D eigenvalue weighted by Gasteiger charge is 2.04. The third-order valence-electron chi connectivity index (χ3n) is 1.59. The second-order valence-electron chi connectivity index (χ2n) is 2.67. The number of rotatable bonds is 5. The van der Waals surface area contributed by atoms with E-state index in [1.54, 1.807) is 0 Å². The Labute approximate surface area is 83.9 Å². The normalized spacial score (nSPS) is 9.93. The average molecular weight is 196 g/mol. The Morgan fingerprint density at radius 1 is 1.14 bits per heavy atom. The lowest BCUT2D eigenvalue weighted by molar-refractivity contribution is 0.310. The first-order valence-electron chi connectivity index (χ1n) is 4.91. The molecule has 1 rings (SSSR count). The predicted molar refractivity (Wildman–Crippen MR) is 54.5 cm³/mol. The van der Waals surface area contributed by atoms with E-state index in [-0.39, 0.29) is 0 Å². The maximum absolute atomic E-state index is 5.23. The SMILES string of the molecule is CCNc1nc(CC)nc(OCC)n1. The minimum absolute atomic E-state index is 0.398. The Balaban J connectivity index is 2.88. The van der Waals surface area contributed by atoms with Crippen LogP contribution in [0.5, 0.6) is 6.01 Å². The Hall–Kier alpha value is -1.39. The highest BCUT2D eigenvalue weighted by Crippen LogP contribution is 2.07. The lowest BCUT2D eigenvalue weighted by atomic mass is 10.4. The molecule has 0 saturated carbocycles. The van der Waals surface area contributed by atoms with Crippen LogP contribution in [0.15, 0.2) is 0 Å². The minimum atomic E-state index is 0.398. The quantitative estimate of drug-likeness (QED) is 0.768. The van der Waals surface area contributed by atoms with Crippen LogP contribution in [-0.4, -0.2) is 28.1 Å². The molecule has 5 nitrogen and oxygen atoms in total. The number of hydrogen-bond donors (Lipinski definition) is 1. The molecule has 0 aliphatic carbocycles. The van der Waals surface area contributed by atoms with Gasteiger partial charge in [0.05, 0.1) is 6.61 Å². The van der Waals surface area contributed by atoms with Gasteiger partial charge < -0.3 is 10.1 Å². The van der Waals surface area contributed by atoms with Gasteiger partial charge in [-0.3, -0.25) is 0 Å². The minimum Gasteiger partial charge on any atom is -0.464 e. The molecule has 0 atom stereocenters. The maximum Gasteiger partial charge on any atom is 0.321 e. The van der Waals surface area contributed by atoms with Crippen LogP contribution in [-0.2, 0) is 6.42 Å². The van der Waals surface area contributed by atoms with E-state index in [2.05, 4.69) is 20.3 Å². The molecule has 1 aromatic heterocycles. The van der Waals surface area contributed by atoms with Gasteiger partial charge in [0.15, 0.2) is 0 Å². The molecule has 0 saturated heterocycles. The van der Waals surface area contributed by atoms with Crippen LogP contribution in [0.3, 0.4) is 0 Å². The molecule has 0 bridgehead atoms. The van der Waals surface area contributed by atoms with Crippen LogP contribution in [0.1, 0.15) is 26.6 Å². The smallest absolute Gasteiger partial charge is 0.321 e. The van der Waals surface area contributed by atoms with Crippen LogP contribution in [0.25, 0.3) is 0 Å². The van der Waals surface area contributed by atoms with Crippen molar-refractivity contribution in [3.63, 3.8) is 0 Å². The van der Waals surface area contributed by atoms with E-state index in [4.69, 9.17) is 4.74 Å². The monoisotopic (exact) mass is 196 g/mol. The van der Waals surface area contributed by atoms with Gasteiger partial charge in [0, 0.05) is 13.0 Å². The molecular formula is C9H16N4O. The summed E-state index contributed by atoms with van der Waals surface area (Å²) in [5, 5.41) is 3.04. The molecule has 0 aliphatic heterocycles. The molecule has 0 aromatic carbocycles. The Bertz CT molecular complexity index is 266. The fourth-order valence-corrected chi connectivity index (χ4v) is 0.987. The van der Waals surface area contributed by atoms with Crippen molar-refractivity contribution in [2.45, 2.75) is 27.2 Å². The van der Waals surface area contributed by atoms with Crippen molar-refractivity contribution in [2.24, 2.45) is 0 Å². The molecule has 0 spiro atoms. The van der Waals surface area contributed by atoms with E-state index in [0.29, 0.717) is 18.6 Å². The van der Waals surface area contributed by atoms with Crippen molar-refractivity contribution in [3.05, 3.63) is 5.82 Å². The summed E-state index contributed by atoms with van der Waals surface area (Å²) in [6, 6.07) is 0.398. The van der Waals surface area contributed by atoms with Crippen LogP contribution >= 0.6 is 0 Å². The molecule has 1 heterocycles. The van der Waals surface area contributed by atoms with Crippen molar-refractivity contribution in [3.8, 4) is 6.01 Å². The second kappa shape index (κ2) is 5.36. The zero-order valence-electron chi connectivity index (χ0n) is 8.87. The number of hydrogen-bond acceptors (Lipinski definition) is 5. The average Bonchev–Trinajstić information content (AvgIpc) is 2.18. The fraction of sp³-hybridized carbons (Fsp3) is 0.667. The van der Waals surface area contributed by atoms with Gasteiger partial charge in [0.2, 0.25) is 5.95 Å². The number of aryl methyl sites for hydroxylation is 1. The molecule has 5 heteroatoms. The number of ether oxygens (including phenoxy) is 1. The first-order valence-corrected chi connectivity index (χ1v) is 4.91. The van der Waals surface area contributed by atoms with E-state index in [1.165, 1.54) is 0 Å². The van der Waals surface area contributed by atoms with Crippen molar-refractivity contribution >= 4 is 5.95 Å². The first-order chi connectivity index (χ1) is 6.80. The van der Waals surface area contributed by atoms with Crippen LogP contribution in [0.4, 0.5) is 5.95 Å². The molecule has 0 fully saturated rings. The summed E-state index contributed by atoms with van der Waals surface area (Å²) in [4.78, 5) is 12.5. The molecular weight excluding hydrogens is 180 g/mol. The van der Waals surface area contributed by atoms with Crippen LogP contribution in [0.2, 0.25) is 0 Å². The number of nitrogens with one attached hydrogen (secondary N) is 1. The summed E-state index contributed by atoms with van der Waals surface area (Å²) in [7, 11) is 0. The molecule has 0 aliphatic rings. The van der Waals surface area contributed by atoms with Gasteiger partial charge >= 0.3 is 6.01 Å². The number of aromatic nitrogens is 3. The molecule has 0 amide bonds. The van der Waals surface area contributed by atoms with Crippen molar-refractivity contribution in [1.29, 1.82) is 0 Å². The lowest BCUT2D eigenvalue weighted by Gasteiger charge is -2.06. The van der Waals surface area contributed by atoms with E-state index >= 15 is 0 Å². The predicted octanol–water partition coefficient (Wildman–Crippen LogP) is 1.26. The van der Waals surface area contributed by atoms with Gasteiger partial charge in [-0.25, -0.2) is 0 Å². The van der Waals surface area contributed by atoms with Gasteiger partial charge in [-0.2, -0.15) is 15.0 Å². The van der Waals surface area contributed by atoms with Gasteiger partial charge in [-0.15, -0.1) is 0 Å². The first kappa shape index (κ1) is 10.7. The van der Waals surface area contributed by atoms with Gasteiger partial charge in [-0.1, -0.05) is 6.92 Å². The van der Waals surface area contributed by atoms with Crippen molar-refractivity contribution in [2.75, 3.05) is 18.5 Å². The molecule has 0 unspecified atom stereocenters. The van der Waals surface area contributed by atoms with E-state index in [9.17, 15) is 0 Å². The standard InChI is InChI=1S/C9H16N4O/c1-4-7-11-8(10-5-2)13-9(12-7)14-6-3/h4-6H2,1-3H3,(H,10,11,12,13). The summed E-state index contributed by atoms with van der Waals surface area (Å²) in [6.45, 7) is 7.26. The van der Waals surface area contributed by atoms with E-state index < -0.39 is 0 Å². The molecule has 1 aromatic rings. The molecule has 14 heavy (non-hydrogen) atoms. The highest BCUT2D eigenvalue weighted by molar-refractivity contribution is 5.25. The summed E-state index contributed by atoms with van der Waals surface area (Å²) in [6.07, 6.45) is 0.779. The lowest BCUT2D eigenvalue weighted by Crippen LogP contribution is -2.08. The van der Waals surface area contributed by atoms with Crippen molar-refractivity contribution < 1.29 is 4.74 Å². The zero-order valence-corrected chi connectivity index (χ0v) is 8.87. The van der Waals surface area contributed by atoms with Crippen molar-refractivity contribution in [1.82, 2.24) is 15.0 Å². The zero-order chi connectivity index (χ0) is 10.4. The second-order valence-corrected chi connectivity index (χ2v) is 2.67. The maximum atomic E-state index is 5.23. The van der Waals surface area contributed by atoms with Crippen LogP contribution in [0, 0.1) is 0 Å². The van der Waals surface area contributed by atoms with Gasteiger partial charge in [-0.05, 0) is 13.8 Å². The van der Waals surface area contributed by atoms with Gasteiger partial charge in [0.1, 0.15) is 5.82 Å². The summed E-state index contributed by atoms with van der Waals surface area (Å²) in [5.74, 6) is 1.34. The van der Waals surface area contributed by atoms with E-state index in [1.807, 2.05) is 20.8 Å². The topological polar surface area (TPSA) is 59.9 Å². The third kappa shape index (κ3) is 2.83. The van der Waals surface area contributed by atoms with E-state index in [0.717, 1.165) is 18.8 Å². The summed E-state index contributed by atoms with van der Waals surface area (Å²) in [5.41, 5.74) is 0. The Kier molecular flexibility index (Phi) is 4.10. The van der Waals surface area contributed by atoms with Gasteiger partial charge in [0.25, 0.3) is 0 Å².